The van der Waals surface area contributed by atoms with Crippen LogP contribution in [0.15, 0.2) is 47.8 Å². The minimum absolute atomic E-state index is 0.0331. The number of rotatable bonds is 2. The van der Waals surface area contributed by atoms with Crippen LogP contribution in [-0.2, 0) is 0 Å². The van der Waals surface area contributed by atoms with Crippen LogP contribution in [0.1, 0.15) is 40.7 Å². The van der Waals surface area contributed by atoms with Gasteiger partial charge in [-0.05, 0) is 42.3 Å². The minimum Gasteiger partial charge on any atom is -0.370 e. The van der Waals surface area contributed by atoms with Gasteiger partial charge in [-0.2, -0.15) is 5.26 Å². The number of carbonyl (C=O) groups is 1. The predicted octanol–water partition coefficient (Wildman–Crippen LogP) is 5.49. The van der Waals surface area contributed by atoms with Crippen molar-refractivity contribution in [2.45, 2.75) is 19.3 Å². The average molecular weight is 370 g/mol. The summed E-state index contributed by atoms with van der Waals surface area (Å²) in [5.74, 6) is 0.0331. The smallest absolute Gasteiger partial charge is 0.194 e. The van der Waals surface area contributed by atoms with E-state index in [0.717, 1.165) is 53.2 Å². The van der Waals surface area contributed by atoms with Crippen molar-refractivity contribution in [2.75, 3.05) is 18.0 Å². The van der Waals surface area contributed by atoms with Crippen LogP contribution in [0.25, 0.3) is 21.6 Å². The van der Waals surface area contributed by atoms with Crippen LogP contribution in [0.5, 0.6) is 0 Å². The maximum absolute atomic E-state index is 13.2. The molecule has 132 valence electrons. The van der Waals surface area contributed by atoms with Crippen LogP contribution in [-0.4, -0.2) is 18.9 Å². The van der Waals surface area contributed by atoms with Gasteiger partial charge in [-0.3, -0.25) is 4.79 Å². The fourth-order valence-corrected chi connectivity index (χ4v) is 5.08. The first-order valence-corrected chi connectivity index (χ1v) is 10.2. The first-order chi connectivity index (χ1) is 13.3. The second-order valence-corrected chi connectivity index (χ2v) is 8.03. The van der Waals surface area contributed by atoms with Crippen LogP contribution in [0.3, 0.4) is 0 Å². The van der Waals surface area contributed by atoms with Crippen molar-refractivity contribution >= 4 is 22.8 Å². The zero-order valence-corrected chi connectivity index (χ0v) is 15.7. The molecule has 1 fully saturated rings. The van der Waals surface area contributed by atoms with Crippen molar-refractivity contribution in [1.82, 2.24) is 0 Å². The molecule has 0 amide bonds. The molecule has 2 heterocycles. The molecule has 0 unspecified atom stereocenters. The number of ketones is 1. The number of anilines is 1. The number of benzene rings is 2. The molecular formula is C23H18N2OS. The molecule has 0 atom stereocenters. The Balaban J connectivity index is 1.85. The van der Waals surface area contributed by atoms with Gasteiger partial charge in [0.25, 0.3) is 0 Å². The van der Waals surface area contributed by atoms with Gasteiger partial charge in [0.2, 0.25) is 0 Å². The minimum atomic E-state index is 0.0331. The van der Waals surface area contributed by atoms with Crippen LogP contribution in [0, 0.1) is 11.3 Å². The molecular weight excluding hydrogens is 352 g/mol. The Bertz CT molecular complexity index is 1090. The molecule has 0 N–H and O–H groups in total. The number of nitriles is 1. The number of hydrogen-bond acceptors (Lipinski definition) is 4. The number of carbonyl (C=O) groups excluding carboxylic acids is 1. The zero-order chi connectivity index (χ0) is 18.4. The van der Waals surface area contributed by atoms with Gasteiger partial charge in [0.15, 0.2) is 5.78 Å². The Morgan fingerprint density at radius 3 is 2.41 bits per heavy atom. The third kappa shape index (κ3) is 2.43. The zero-order valence-electron chi connectivity index (χ0n) is 14.9. The van der Waals surface area contributed by atoms with Gasteiger partial charge in [0.05, 0.1) is 11.3 Å². The summed E-state index contributed by atoms with van der Waals surface area (Å²) in [6, 6.07) is 16.3. The Kier molecular flexibility index (Phi) is 3.84. The summed E-state index contributed by atoms with van der Waals surface area (Å²) in [7, 11) is 0. The van der Waals surface area contributed by atoms with Gasteiger partial charge in [-0.1, -0.05) is 30.3 Å². The van der Waals surface area contributed by atoms with Gasteiger partial charge >= 0.3 is 0 Å². The third-order valence-corrected chi connectivity index (χ3v) is 6.47. The van der Waals surface area contributed by atoms with E-state index in [1.54, 1.807) is 11.3 Å². The summed E-state index contributed by atoms with van der Waals surface area (Å²) in [5, 5.41) is 12.1. The lowest BCUT2D eigenvalue weighted by Gasteiger charge is -2.31. The Labute approximate surface area is 162 Å². The van der Waals surface area contributed by atoms with Gasteiger partial charge in [0, 0.05) is 40.2 Å². The summed E-state index contributed by atoms with van der Waals surface area (Å²) in [5.41, 5.74) is 5.69. The summed E-state index contributed by atoms with van der Waals surface area (Å²) in [6.07, 6.45) is 3.53. The first-order valence-electron chi connectivity index (χ1n) is 9.33. The van der Waals surface area contributed by atoms with Crippen LogP contribution in [0.4, 0.5) is 5.69 Å². The highest BCUT2D eigenvalue weighted by atomic mass is 32.1. The standard InChI is InChI=1S/C23H18N2OS/c24-14-18-19(25-10-4-1-5-11-25)13-17(20-9-6-12-27-20)22-21(18)15-7-2-3-8-16(15)23(22)26/h2-3,6-9,12-13H,1,4-5,10-11H2. The van der Waals surface area contributed by atoms with E-state index in [2.05, 4.69) is 23.1 Å². The van der Waals surface area contributed by atoms with E-state index in [9.17, 15) is 10.1 Å². The highest BCUT2D eigenvalue weighted by Crippen LogP contribution is 2.48. The molecule has 2 aromatic carbocycles. The Hall–Kier alpha value is -2.90. The topological polar surface area (TPSA) is 44.1 Å². The molecule has 5 rings (SSSR count). The maximum Gasteiger partial charge on any atom is 0.194 e. The summed E-state index contributed by atoms with van der Waals surface area (Å²) < 4.78 is 0. The molecule has 27 heavy (non-hydrogen) atoms. The molecule has 1 aliphatic heterocycles. The predicted molar refractivity (Wildman–Crippen MR) is 109 cm³/mol. The second kappa shape index (κ2) is 6.37. The van der Waals surface area contributed by atoms with Gasteiger partial charge in [-0.15, -0.1) is 11.3 Å². The van der Waals surface area contributed by atoms with Crippen molar-refractivity contribution in [3.05, 3.63) is 64.5 Å². The third-order valence-electron chi connectivity index (χ3n) is 5.57. The maximum atomic E-state index is 13.2. The molecule has 0 spiro atoms. The highest BCUT2D eigenvalue weighted by molar-refractivity contribution is 7.13. The van der Waals surface area contributed by atoms with E-state index in [-0.39, 0.29) is 5.78 Å². The van der Waals surface area contributed by atoms with Gasteiger partial charge in [-0.25, -0.2) is 0 Å². The lowest BCUT2D eigenvalue weighted by Crippen LogP contribution is -2.30. The molecule has 0 bridgehead atoms. The van der Waals surface area contributed by atoms with E-state index in [0.29, 0.717) is 16.7 Å². The molecule has 0 saturated carbocycles. The Morgan fingerprint density at radius 1 is 0.926 bits per heavy atom. The van der Waals surface area contributed by atoms with Crippen molar-refractivity contribution in [3.8, 4) is 27.6 Å². The van der Waals surface area contributed by atoms with Crippen molar-refractivity contribution < 1.29 is 4.79 Å². The number of piperidine rings is 1. The lowest BCUT2D eigenvalue weighted by atomic mass is 9.92. The number of thiophene rings is 1. The van der Waals surface area contributed by atoms with Crippen LogP contribution >= 0.6 is 11.3 Å². The highest BCUT2D eigenvalue weighted by Gasteiger charge is 2.34. The molecule has 1 saturated heterocycles. The van der Waals surface area contributed by atoms with Crippen molar-refractivity contribution in [1.29, 1.82) is 5.26 Å². The molecule has 4 heteroatoms. The number of nitrogens with zero attached hydrogens (tertiary/aromatic N) is 2. The lowest BCUT2D eigenvalue weighted by molar-refractivity contribution is 0.104. The number of hydrogen-bond donors (Lipinski definition) is 0. The summed E-state index contributed by atoms with van der Waals surface area (Å²) in [6.45, 7) is 1.93. The van der Waals surface area contributed by atoms with E-state index in [4.69, 9.17) is 0 Å². The van der Waals surface area contributed by atoms with Crippen molar-refractivity contribution in [3.63, 3.8) is 0 Å². The summed E-state index contributed by atoms with van der Waals surface area (Å²) >= 11 is 1.64. The normalized spacial score (nSPS) is 15.4. The largest absolute Gasteiger partial charge is 0.370 e. The fraction of sp³-hybridized carbons (Fsp3) is 0.217. The Morgan fingerprint density at radius 2 is 1.70 bits per heavy atom. The van der Waals surface area contributed by atoms with E-state index in [1.165, 1.54) is 6.42 Å². The molecule has 1 aromatic heterocycles. The van der Waals surface area contributed by atoms with Crippen molar-refractivity contribution in [2.24, 2.45) is 0 Å². The molecule has 3 aromatic rings. The van der Waals surface area contributed by atoms with Gasteiger partial charge in [0.1, 0.15) is 6.07 Å². The van der Waals surface area contributed by atoms with Gasteiger partial charge < -0.3 is 4.90 Å². The summed E-state index contributed by atoms with van der Waals surface area (Å²) in [4.78, 5) is 16.6. The van der Waals surface area contributed by atoms with Crippen LogP contribution < -0.4 is 4.90 Å². The molecule has 1 aliphatic carbocycles. The van der Waals surface area contributed by atoms with E-state index >= 15 is 0 Å². The quantitative estimate of drug-likeness (QED) is 0.469. The first kappa shape index (κ1) is 16.3. The molecule has 0 radical (unpaired) electrons. The average Bonchev–Trinajstić information content (AvgIpc) is 3.36. The van der Waals surface area contributed by atoms with E-state index < -0.39 is 0 Å². The van der Waals surface area contributed by atoms with Crippen LogP contribution in [0.2, 0.25) is 0 Å². The molecule has 3 nitrogen and oxygen atoms in total. The SMILES string of the molecule is N#Cc1c(N2CCCCC2)cc(-c2cccs2)c2c1-c1ccccc1C2=O. The fourth-order valence-electron chi connectivity index (χ4n) is 4.33. The molecule has 2 aliphatic rings. The number of fused-ring (bicyclic) bond motifs is 3. The second-order valence-electron chi connectivity index (χ2n) is 7.08. The van der Waals surface area contributed by atoms with E-state index in [1.807, 2.05) is 35.7 Å². The monoisotopic (exact) mass is 370 g/mol.